The molecule has 1 amide bonds. The number of rotatable bonds is 2. The highest BCUT2D eigenvalue weighted by Crippen LogP contribution is 2.07. The second-order valence-electron chi connectivity index (χ2n) is 2.35. The molecule has 0 aromatic carbocycles. The molecule has 0 aliphatic heterocycles. The van der Waals surface area contributed by atoms with E-state index in [1.165, 1.54) is 13.3 Å². The minimum Gasteiger partial charge on any atom is -0.274 e. The normalized spacial score (nSPS) is 9.77. The summed E-state index contributed by atoms with van der Waals surface area (Å²) in [5.41, 5.74) is 0.493. The summed E-state index contributed by atoms with van der Waals surface area (Å²) in [5, 5.41) is 1.14. The average molecular weight is 245 g/mol. The van der Waals surface area contributed by atoms with E-state index in [1.54, 1.807) is 19.2 Å². The van der Waals surface area contributed by atoms with Gasteiger partial charge in [0.2, 0.25) is 0 Å². The van der Waals surface area contributed by atoms with Crippen molar-refractivity contribution in [2.24, 2.45) is 0 Å². The molecule has 0 atom stereocenters. The maximum Gasteiger partial charge on any atom is 0.278 e. The standard InChI is InChI=1S/C8H9BrN2O2/c1-11(13-2)8(12)6-3-4-7(9)10-5-6/h3-5H,1-2H3. The molecule has 4 nitrogen and oxygen atoms in total. The van der Waals surface area contributed by atoms with Crippen molar-refractivity contribution in [2.75, 3.05) is 14.2 Å². The Balaban J connectivity index is 2.83. The van der Waals surface area contributed by atoms with Crippen LogP contribution in [0.25, 0.3) is 0 Å². The highest BCUT2D eigenvalue weighted by Gasteiger charge is 2.10. The predicted molar refractivity (Wildman–Crippen MR) is 51.0 cm³/mol. The van der Waals surface area contributed by atoms with Gasteiger partial charge in [-0.25, -0.2) is 10.0 Å². The van der Waals surface area contributed by atoms with Crippen LogP contribution < -0.4 is 0 Å². The molecule has 0 bridgehead atoms. The number of hydrogen-bond donors (Lipinski definition) is 0. The van der Waals surface area contributed by atoms with E-state index in [2.05, 4.69) is 20.9 Å². The van der Waals surface area contributed by atoms with Crippen LogP contribution in [0, 0.1) is 0 Å². The first kappa shape index (κ1) is 10.1. The van der Waals surface area contributed by atoms with Gasteiger partial charge in [-0.05, 0) is 28.1 Å². The lowest BCUT2D eigenvalue weighted by molar-refractivity contribution is -0.0757. The molecule has 13 heavy (non-hydrogen) atoms. The Labute approximate surface area is 84.6 Å². The van der Waals surface area contributed by atoms with Crippen LogP contribution in [0.15, 0.2) is 22.9 Å². The van der Waals surface area contributed by atoms with E-state index in [4.69, 9.17) is 4.84 Å². The van der Waals surface area contributed by atoms with Gasteiger partial charge in [0.05, 0.1) is 12.7 Å². The van der Waals surface area contributed by atoms with Crippen LogP contribution in [0.4, 0.5) is 0 Å². The summed E-state index contributed by atoms with van der Waals surface area (Å²) in [7, 11) is 2.98. The van der Waals surface area contributed by atoms with Crippen LogP contribution in [0.1, 0.15) is 10.4 Å². The van der Waals surface area contributed by atoms with E-state index in [9.17, 15) is 4.79 Å². The Morgan fingerprint density at radius 2 is 2.31 bits per heavy atom. The van der Waals surface area contributed by atoms with E-state index >= 15 is 0 Å². The molecular weight excluding hydrogens is 236 g/mol. The van der Waals surface area contributed by atoms with E-state index < -0.39 is 0 Å². The van der Waals surface area contributed by atoms with Crippen LogP contribution in [-0.2, 0) is 4.84 Å². The molecule has 0 aliphatic rings. The van der Waals surface area contributed by atoms with Crippen molar-refractivity contribution in [3.8, 4) is 0 Å². The number of amides is 1. The number of aromatic nitrogens is 1. The topological polar surface area (TPSA) is 42.4 Å². The predicted octanol–water partition coefficient (Wildman–Crippen LogP) is 1.48. The molecule has 1 heterocycles. The van der Waals surface area contributed by atoms with E-state index in [1.807, 2.05) is 0 Å². The van der Waals surface area contributed by atoms with Gasteiger partial charge >= 0.3 is 0 Å². The zero-order valence-corrected chi connectivity index (χ0v) is 8.91. The lowest BCUT2D eigenvalue weighted by Gasteiger charge is -2.12. The Morgan fingerprint density at radius 1 is 1.62 bits per heavy atom. The Bertz CT molecular complexity index is 300. The Hall–Kier alpha value is -0.940. The fourth-order valence-electron chi connectivity index (χ4n) is 0.767. The number of hydrogen-bond acceptors (Lipinski definition) is 3. The summed E-state index contributed by atoms with van der Waals surface area (Å²) in [6.45, 7) is 0. The largest absolute Gasteiger partial charge is 0.278 e. The summed E-state index contributed by atoms with van der Waals surface area (Å²) in [5.74, 6) is -0.220. The van der Waals surface area contributed by atoms with Crippen LogP contribution in [0.5, 0.6) is 0 Å². The van der Waals surface area contributed by atoms with Crippen molar-refractivity contribution in [3.05, 3.63) is 28.5 Å². The minimum absolute atomic E-state index is 0.220. The molecule has 0 unspecified atom stereocenters. The quantitative estimate of drug-likeness (QED) is 0.585. The molecule has 1 aromatic rings. The maximum absolute atomic E-state index is 11.4. The van der Waals surface area contributed by atoms with Crippen molar-refractivity contribution in [3.63, 3.8) is 0 Å². The number of pyridine rings is 1. The Morgan fingerprint density at radius 3 is 2.77 bits per heavy atom. The first-order chi connectivity index (χ1) is 6.15. The van der Waals surface area contributed by atoms with Gasteiger partial charge in [0.1, 0.15) is 4.60 Å². The van der Waals surface area contributed by atoms with Gasteiger partial charge in [0.15, 0.2) is 0 Å². The lowest BCUT2D eigenvalue weighted by Crippen LogP contribution is -2.25. The molecule has 0 saturated carbocycles. The number of hydroxylamine groups is 2. The summed E-state index contributed by atoms with van der Waals surface area (Å²) in [4.78, 5) is 20.1. The molecule has 0 fully saturated rings. The van der Waals surface area contributed by atoms with Gasteiger partial charge in [-0.15, -0.1) is 0 Å². The lowest BCUT2D eigenvalue weighted by atomic mass is 10.3. The van der Waals surface area contributed by atoms with Gasteiger partial charge in [-0.1, -0.05) is 0 Å². The fourth-order valence-corrected chi connectivity index (χ4v) is 1.00. The van der Waals surface area contributed by atoms with Crippen molar-refractivity contribution in [1.29, 1.82) is 0 Å². The molecule has 0 N–H and O–H groups in total. The highest BCUT2D eigenvalue weighted by molar-refractivity contribution is 9.10. The third-order valence-electron chi connectivity index (χ3n) is 1.53. The Kier molecular flexibility index (Phi) is 3.39. The van der Waals surface area contributed by atoms with Gasteiger partial charge in [0, 0.05) is 13.2 Å². The SMILES string of the molecule is CON(C)C(=O)c1ccc(Br)nc1. The van der Waals surface area contributed by atoms with E-state index in [0.29, 0.717) is 10.2 Å². The van der Waals surface area contributed by atoms with Crippen molar-refractivity contribution in [2.45, 2.75) is 0 Å². The van der Waals surface area contributed by atoms with Crippen molar-refractivity contribution in [1.82, 2.24) is 10.0 Å². The van der Waals surface area contributed by atoms with Gasteiger partial charge in [-0.3, -0.25) is 9.63 Å². The molecule has 1 rings (SSSR count). The average Bonchev–Trinajstić information content (AvgIpc) is 2.17. The molecule has 0 aliphatic carbocycles. The summed E-state index contributed by atoms with van der Waals surface area (Å²) in [6, 6.07) is 3.38. The van der Waals surface area contributed by atoms with Crippen molar-refractivity contribution >= 4 is 21.8 Å². The second-order valence-corrected chi connectivity index (χ2v) is 3.17. The third-order valence-corrected chi connectivity index (χ3v) is 2.00. The number of carbonyl (C=O) groups excluding carboxylic acids is 1. The molecular formula is C8H9BrN2O2. The monoisotopic (exact) mass is 244 g/mol. The molecule has 70 valence electrons. The van der Waals surface area contributed by atoms with Crippen LogP contribution in [0.3, 0.4) is 0 Å². The van der Waals surface area contributed by atoms with Gasteiger partial charge in [-0.2, -0.15) is 0 Å². The summed E-state index contributed by atoms with van der Waals surface area (Å²) >= 11 is 3.18. The maximum atomic E-state index is 11.4. The first-order valence-corrected chi connectivity index (χ1v) is 4.38. The highest BCUT2D eigenvalue weighted by atomic mass is 79.9. The van der Waals surface area contributed by atoms with E-state index in [-0.39, 0.29) is 5.91 Å². The summed E-state index contributed by atoms with van der Waals surface area (Å²) < 4.78 is 0.698. The number of halogens is 1. The molecule has 1 aromatic heterocycles. The first-order valence-electron chi connectivity index (χ1n) is 3.59. The molecule has 0 radical (unpaired) electrons. The van der Waals surface area contributed by atoms with Gasteiger partial charge in [0.25, 0.3) is 5.91 Å². The number of nitrogens with zero attached hydrogens (tertiary/aromatic N) is 2. The summed E-state index contributed by atoms with van der Waals surface area (Å²) in [6.07, 6.45) is 1.49. The van der Waals surface area contributed by atoms with Crippen LogP contribution >= 0.6 is 15.9 Å². The van der Waals surface area contributed by atoms with Crippen LogP contribution in [-0.4, -0.2) is 30.1 Å². The zero-order chi connectivity index (χ0) is 9.84. The van der Waals surface area contributed by atoms with E-state index in [0.717, 1.165) is 5.06 Å². The molecule has 0 saturated heterocycles. The zero-order valence-electron chi connectivity index (χ0n) is 7.32. The third kappa shape index (κ3) is 2.50. The molecule has 0 spiro atoms. The van der Waals surface area contributed by atoms with Crippen molar-refractivity contribution < 1.29 is 9.63 Å². The second kappa shape index (κ2) is 4.34. The minimum atomic E-state index is -0.220. The van der Waals surface area contributed by atoms with Crippen LogP contribution in [0.2, 0.25) is 0 Å². The number of carbonyl (C=O) groups is 1. The smallest absolute Gasteiger partial charge is 0.274 e. The molecule has 5 heteroatoms. The fraction of sp³-hybridized carbons (Fsp3) is 0.250. The van der Waals surface area contributed by atoms with Gasteiger partial charge < -0.3 is 0 Å².